The van der Waals surface area contributed by atoms with Crippen LogP contribution in [0.4, 0.5) is 5.69 Å². The zero-order chi connectivity index (χ0) is 13.2. The summed E-state index contributed by atoms with van der Waals surface area (Å²) >= 11 is 1.89. The molecular weight excluding hydrogens is 252 g/mol. The first-order chi connectivity index (χ1) is 9.29. The number of hydrogen-bond donors (Lipinski definition) is 1. The first kappa shape index (κ1) is 12.7. The van der Waals surface area contributed by atoms with Crippen LogP contribution in [0.5, 0.6) is 0 Å². The first-order valence-corrected chi connectivity index (χ1v) is 7.82. The summed E-state index contributed by atoms with van der Waals surface area (Å²) in [6.45, 7) is 4.27. The Bertz CT molecular complexity index is 561. The molecule has 19 heavy (non-hydrogen) atoms. The molecule has 0 bridgehead atoms. The molecule has 0 radical (unpaired) electrons. The highest BCUT2D eigenvalue weighted by atomic mass is 32.1. The van der Waals surface area contributed by atoms with Crippen LogP contribution in [0, 0.1) is 0 Å². The topological polar surface area (TPSA) is 29.3 Å². The van der Waals surface area contributed by atoms with E-state index in [1.165, 1.54) is 16.8 Å². The van der Waals surface area contributed by atoms with Crippen molar-refractivity contribution in [3.05, 3.63) is 51.7 Å². The van der Waals surface area contributed by atoms with Crippen molar-refractivity contribution in [1.82, 2.24) is 0 Å². The number of hydrogen-bond acceptors (Lipinski definition) is 3. The highest BCUT2D eigenvalue weighted by molar-refractivity contribution is 7.10. The van der Waals surface area contributed by atoms with E-state index in [1.54, 1.807) is 4.88 Å². The summed E-state index contributed by atoms with van der Waals surface area (Å²) in [5.74, 6) is 0. The number of rotatable bonds is 3. The van der Waals surface area contributed by atoms with Gasteiger partial charge in [-0.1, -0.05) is 25.1 Å². The molecule has 1 aromatic heterocycles. The van der Waals surface area contributed by atoms with Crippen LogP contribution in [0.1, 0.15) is 35.4 Å². The van der Waals surface area contributed by atoms with Crippen LogP contribution >= 0.6 is 11.3 Å². The summed E-state index contributed by atoms with van der Waals surface area (Å²) in [6, 6.07) is 11.0. The molecule has 0 aliphatic carbocycles. The summed E-state index contributed by atoms with van der Waals surface area (Å²) in [7, 11) is 0. The van der Waals surface area contributed by atoms with E-state index in [4.69, 9.17) is 5.73 Å². The predicted molar refractivity (Wildman–Crippen MR) is 82.7 cm³/mol. The van der Waals surface area contributed by atoms with E-state index in [2.05, 4.69) is 47.5 Å². The molecule has 1 aromatic carbocycles. The van der Waals surface area contributed by atoms with Gasteiger partial charge < -0.3 is 10.6 Å². The van der Waals surface area contributed by atoms with Gasteiger partial charge in [0, 0.05) is 29.7 Å². The van der Waals surface area contributed by atoms with Crippen LogP contribution in [0.2, 0.25) is 0 Å². The molecular formula is C16H20N2S. The summed E-state index contributed by atoms with van der Waals surface area (Å²) in [4.78, 5) is 4.02. The molecule has 3 heteroatoms. The van der Waals surface area contributed by atoms with Crippen molar-refractivity contribution < 1.29 is 0 Å². The van der Waals surface area contributed by atoms with Crippen molar-refractivity contribution in [2.45, 2.75) is 32.4 Å². The lowest BCUT2D eigenvalue weighted by Gasteiger charge is -2.31. The molecule has 0 saturated carbocycles. The fraction of sp³-hybridized carbons (Fsp3) is 0.375. The van der Waals surface area contributed by atoms with Gasteiger partial charge in [0.2, 0.25) is 0 Å². The van der Waals surface area contributed by atoms with E-state index >= 15 is 0 Å². The monoisotopic (exact) mass is 272 g/mol. The van der Waals surface area contributed by atoms with E-state index in [-0.39, 0.29) is 6.04 Å². The molecule has 1 aliphatic rings. The third-order valence-electron chi connectivity index (χ3n) is 3.92. The Kier molecular flexibility index (Phi) is 3.58. The molecule has 1 atom stereocenters. The lowest BCUT2D eigenvalue weighted by Crippen LogP contribution is -2.31. The summed E-state index contributed by atoms with van der Waals surface area (Å²) < 4.78 is 0. The molecule has 0 amide bonds. The number of thiophene rings is 1. The van der Waals surface area contributed by atoms with Gasteiger partial charge in [-0.3, -0.25) is 0 Å². The van der Waals surface area contributed by atoms with Gasteiger partial charge in [-0.25, -0.2) is 0 Å². The smallest absolute Gasteiger partial charge is 0.0440 e. The average molecular weight is 272 g/mol. The van der Waals surface area contributed by atoms with Crippen molar-refractivity contribution in [2.24, 2.45) is 5.73 Å². The van der Waals surface area contributed by atoms with Crippen LogP contribution in [-0.2, 0) is 13.0 Å². The van der Waals surface area contributed by atoms with Gasteiger partial charge in [-0.2, -0.15) is 0 Å². The summed E-state index contributed by atoms with van der Waals surface area (Å²) in [5, 5.41) is 2.21. The standard InChI is InChI=1S/C16H20N2S/c1-2-14(17)13-5-3-4-6-15(13)18-9-7-16-12(11-18)8-10-19-16/h3-6,8,10,14H,2,7,9,11,17H2,1H3/t14-/m0/s1. The third kappa shape index (κ3) is 2.40. The van der Waals surface area contributed by atoms with Gasteiger partial charge in [0.25, 0.3) is 0 Å². The molecule has 2 aromatic rings. The number of anilines is 1. The van der Waals surface area contributed by atoms with Gasteiger partial charge in [0.05, 0.1) is 0 Å². The second-order valence-electron chi connectivity index (χ2n) is 5.11. The van der Waals surface area contributed by atoms with Crippen molar-refractivity contribution in [3.8, 4) is 0 Å². The largest absolute Gasteiger partial charge is 0.367 e. The third-order valence-corrected chi connectivity index (χ3v) is 4.95. The lowest BCUT2D eigenvalue weighted by atomic mass is 10.0. The fourth-order valence-corrected chi connectivity index (χ4v) is 3.65. The van der Waals surface area contributed by atoms with Crippen molar-refractivity contribution in [3.63, 3.8) is 0 Å². The van der Waals surface area contributed by atoms with E-state index in [0.29, 0.717) is 0 Å². The zero-order valence-corrected chi connectivity index (χ0v) is 12.1. The Morgan fingerprint density at radius 2 is 2.16 bits per heavy atom. The highest BCUT2D eigenvalue weighted by Crippen LogP contribution is 2.32. The fourth-order valence-electron chi connectivity index (χ4n) is 2.76. The molecule has 0 unspecified atom stereocenters. The number of nitrogens with two attached hydrogens (primary N) is 1. The maximum absolute atomic E-state index is 6.25. The minimum absolute atomic E-state index is 0.139. The van der Waals surface area contributed by atoms with Crippen LogP contribution in [0.25, 0.3) is 0 Å². The quantitative estimate of drug-likeness (QED) is 0.922. The first-order valence-electron chi connectivity index (χ1n) is 6.94. The lowest BCUT2D eigenvalue weighted by molar-refractivity contribution is 0.680. The molecule has 2 heterocycles. The number of nitrogens with zero attached hydrogens (tertiary/aromatic N) is 1. The van der Waals surface area contributed by atoms with Gasteiger partial charge >= 0.3 is 0 Å². The summed E-state index contributed by atoms with van der Waals surface area (Å²) in [5.41, 5.74) is 10.3. The van der Waals surface area contributed by atoms with E-state index in [0.717, 1.165) is 25.9 Å². The molecule has 100 valence electrons. The van der Waals surface area contributed by atoms with Gasteiger partial charge in [0.1, 0.15) is 0 Å². The number of benzene rings is 1. The SMILES string of the molecule is CC[C@H](N)c1ccccc1N1CCc2sccc2C1. The molecule has 0 spiro atoms. The summed E-state index contributed by atoms with van der Waals surface area (Å²) in [6.07, 6.45) is 2.14. The van der Waals surface area contributed by atoms with E-state index < -0.39 is 0 Å². The Hall–Kier alpha value is -1.32. The van der Waals surface area contributed by atoms with Crippen LogP contribution < -0.4 is 10.6 Å². The van der Waals surface area contributed by atoms with E-state index in [9.17, 15) is 0 Å². The Morgan fingerprint density at radius 3 is 3.00 bits per heavy atom. The second-order valence-corrected chi connectivity index (χ2v) is 6.11. The second kappa shape index (κ2) is 5.35. The maximum Gasteiger partial charge on any atom is 0.0440 e. The van der Waals surface area contributed by atoms with Gasteiger partial charge in [0.15, 0.2) is 0 Å². The average Bonchev–Trinajstić information content (AvgIpc) is 2.93. The maximum atomic E-state index is 6.25. The highest BCUT2D eigenvalue weighted by Gasteiger charge is 2.20. The molecule has 0 saturated heterocycles. The predicted octanol–water partition coefficient (Wildman–Crippen LogP) is 3.72. The van der Waals surface area contributed by atoms with Crippen LogP contribution in [-0.4, -0.2) is 6.54 Å². The van der Waals surface area contributed by atoms with Crippen LogP contribution in [0.15, 0.2) is 35.7 Å². The van der Waals surface area contributed by atoms with Crippen molar-refractivity contribution in [1.29, 1.82) is 0 Å². The molecule has 2 N–H and O–H groups in total. The molecule has 0 fully saturated rings. The Labute approximate surface area is 118 Å². The molecule has 1 aliphatic heterocycles. The number of para-hydroxylation sites is 1. The van der Waals surface area contributed by atoms with Crippen molar-refractivity contribution in [2.75, 3.05) is 11.4 Å². The van der Waals surface area contributed by atoms with Crippen LogP contribution in [0.3, 0.4) is 0 Å². The molecule has 2 nitrogen and oxygen atoms in total. The van der Waals surface area contributed by atoms with Gasteiger partial charge in [-0.05, 0) is 41.5 Å². The number of fused-ring (bicyclic) bond motifs is 1. The Balaban J connectivity index is 1.91. The Morgan fingerprint density at radius 1 is 1.32 bits per heavy atom. The van der Waals surface area contributed by atoms with E-state index in [1.807, 2.05) is 11.3 Å². The zero-order valence-electron chi connectivity index (χ0n) is 11.3. The molecule has 3 rings (SSSR count). The minimum atomic E-state index is 0.139. The van der Waals surface area contributed by atoms with Crippen molar-refractivity contribution >= 4 is 17.0 Å². The normalized spacial score (nSPS) is 16.2. The van der Waals surface area contributed by atoms with Gasteiger partial charge in [-0.15, -0.1) is 11.3 Å². The minimum Gasteiger partial charge on any atom is -0.367 e.